The van der Waals surface area contributed by atoms with E-state index in [0.717, 1.165) is 49.6 Å². The molecule has 0 amide bonds. The summed E-state index contributed by atoms with van der Waals surface area (Å²) >= 11 is 0. The van der Waals surface area contributed by atoms with Gasteiger partial charge in [-0.1, -0.05) is 44.4 Å². The Balaban J connectivity index is 1.33. The Labute approximate surface area is 182 Å². The minimum atomic E-state index is -0.314. The molecule has 7 heteroatoms. The number of ether oxygens (including phenoxy) is 2. The Bertz CT molecular complexity index is 996. The number of rotatable bonds is 12. The SMILES string of the molecule is C=C(C)C(=O)OCCCCCCCCOc1ccc(-n2nc3ccccc3n2)c(O)c1. The highest BCUT2D eigenvalue weighted by molar-refractivity contribution is 5.86. The van der Waals surface area contributed by atoms with E-state index in [-0.39, 0.29) is 11.7 Å². The molecule has 1 heterocycles. The fourth-order valence-corrected chi connectivity index (χ4v) is 3.12. The maximum atomic E-state index is 11.3. The highest BCUT2D eigenvalue weighted by Crippen LogP contribution is 2.27. The monoisotopic (exact) mass is 423 g/mol. The van der Waals surface area contributed by atoms with Crippen LogP contribution in [0.15, 0.2) is 54.6 Å². The number of benzene rings is 2. The molecule has 7 nitrogen and oxygen atoms in total. The molecular weight excluding hydrogens is 394 g/mol. The van der Waals surface area contributed by atoms with Crippen LogP contribution < -0.4 is 4.74 Å². The van der Waals surface area contributed by atoms with Gasteiger partial charge >= 0.3 is 5.97 Å². The van der Waals surface area contributed by atoms with E-state index >= 15 is 0 Å². The number of hydrogen-bond acceptors (Lipinski definition) is 6. The third kappa shape index (κ3) is 6.57. The van der Waals surface area contributed by atoms with Gasteiger partial charge < -0.3 is 14.6 Å². The molecule has 31 heavy (non-hydrogen) atoms. The van der Waals surface area contributed by atoms with Crippen LogP contribution in [0.5, 0.6) is 11.5 Å². The second-order valence-electron chi connectivity index (χ2n) is 7.51. The van der Waals surface area contributed by atoms with E-state index in [0.29, 0.717) is 30.2 Å². The zero-order chi connectivity index (χ0) is 22.1. The molecular formula is C24H29N3O4. The van der Waals surface area contributed by atoms with E-state index in [2.05, 4.69) is 16.8 Å². The largest absolute Gasteiger partial charge is 0.505 e. The van der Waals surface area contributed by atoms with Crippen LogP contribution in [0.4, 0.5) is 0 Å². The predicted molar refractivity (Wildman–Crippen MR) is 119 cm³/mol. The van der Waals surface area contributed by atoms with Gasteiger partial charge in [-0.15, -0.1) is 15.0 Å². The van der Waals surface area contributed by atoms with Crippen molar-refractivity contribution >= 4 is 17.0 Å². The van der Waals surface area contributed by atoms with Crippen LogP contribution in [0.2, 0.25) is 0 Å². The molecule has 0 bridgehead atoms. The highest BCUT2D eigenvalue weighted by atomic mass is 16.5. The smallest absolute Gasteiger partial charge is 0.333 e. The van der Waals surface area contributed by atoms with E-state index in [1.54, 1.807) is 19.1 Å². The van der Waals surface area contributed by atoms with Crippen molar-refractivity contribution in [2.24, 2.45) is 0 Å². The Kier molecular flexibility index (Phi) is 8.04. The maximum absolute atomic E-state index is 11.3. The summed E-state index contributed by atoms with van der Waals surface area (Å²) in [4.78, 5) is 12.7. The zero-order valence-electron chi connectivity index (χ0n) is 17.9. The minimum absolute atomic E-state index is 0.0742. The number of carbonyl (C=O) groups excluding carboxylic acids is 1. The first-order chi connectivity index (χ1) is 15.0. The number of hydrogen-bond donors (Lipinski definition) is 1. The molecule has 164 valence electrons. The predicted octanol–water partition coefficient (Wildman–Crippen LogP) is 4.96. The minimum Gasteiger partial charge on any atom is -0.505 e. The average Bonchev–Trinajstić information content (AvgIpc) is 3.18. The number of aromatic nitrogens is 3. The van der Waals surface area contributed by atoms with Gasteiger partial charge in [-0.05, 0) is 44.0 Å². The quantitative estimate of drug-likeness (QED) is 0.252. The number of phenols is 1. The summed E-state index contributed by atoms with van der Waals surface area (Å²) in [5.74, 6) is 0.382. The molecule has 0 aliphatic rings. The molecule has 0 aliphatic heterocycles. The average molecular weight is 424 g/mol. The third-order valence-electron chi connectivity index (χ3n) is 4.84. The van der Waals surface area contributed by atoms with Crippen molar-refractivity contribution in [2.45, 2.75) is 45.4 Å². The molecule has 2 aromatic carbocycles. The lowest BCUT2D eigenvalue weighted by Crippen LogP contribution is -2.06. The molecule has 0 aliphatic carbocycles. The lowest BCUT2D eigenvalue weighted by Gasteiger charge is -2.09. The van der Waals surface area contributed by atoms with Crippen molar-refractivity contribution in [3.8, 4) is 17.2 Å². The number of carbonyl (C=O) groups is 1. The second kappa shape index (κ2) is 11.2. The van der Waals surface area contributed by atoms with Crippen LogP contribution in [0.3, 0.4) is 0 Å². The molecule has 1 N–H and O–H groups in total. The summed E-state index contributed by atoms with van der Waals surface area (Å²) in [5, 5.41) is 19.1. The van der Waals surface area contributed by atoms with Crippen molar-refractivity contribution in [3.63, 3.8) is 0 Å². The highest BCUT2D eigenvalue weighted by Gasteiger charge is 2.10. The molecule has 0 atom stereocenters. The standard InChI is InChI=1S/C24H29N3O4/c1-18(2)24(29)31-16-10-6-4-3-5-9-15-30-19-13-14-22(23(28)17-19)27-25-20-11-7-8-12-21(20)26-27/h7-8,11-14,17,28H,1,3-6,9-10,15-16H2,2H3. The normalized spacial score (nSPS) is 10.9. The van der Waals surface area contributed by atoms with Crippen LogP contribution in [-0.4, -0.2) is 39.3 Å². The number of aromatic hydroxyl groups is 1. The molecule has 0 spiro atoms. The zero-order valence-corrected chi connectivity index (χ0v) is 17.9. The summed E-state index contributed by atoms with van der Waals surface area (Å²) in [6.07, 6.45) is 6.14. The van der Waals surface area contributed by atoms with Crippen LogP contribution in [-0.2, 0) is 9.53 Å². The summed E-state index contributed by atoms with van der Waals surface area (Å²) in [6.45, 7) is 6.26. The van der Waals surface area contributed by atoms with Crippen molar-refractivity contribution in [2.75, 3.05) is 13.2 Å². The van der Waals surface area contributed by atoms with Crippen molar-refractivity contribution < 1.29 is 19.4 Å². The van der Waals surface area contributed by atoms with Crippen LogP contribution in [0.1, 0.15) is 45.4 Å². The summed E-state index contributed by atoms with van der Waals surface area (Å²) < 4.78 is 10.8. The lowest BCUT2D eigenvalue weighted by atomic mass is 10.1. The molecule has 0 unspecified atom stereocenters. The maximum Gasteiger partial charge on any atom is 0.333 e. The van der Waals surface area contributed by atoms with E-state index in [1.165, 1.54) is 4.80 Å². The number of esters is 1. The van der Waals surface area contributed by atoms with Gasteiger partial charge in [0, 0.05) is 11.6 Å². The first-order valence-electron chi connectivity index (χ1n) is 10.7. The van der Waals surface area contributed by atoms with Gasteiger partial charge in [-0.25, -0.2) is 4.79 Å². The molecule has 3 rings (SSSR count). The fraction of sp³-hybridized carbons (Fsp3) is 0.375. The summed E-state index contributed by atoms with van der Waals surface area (Å²) in [5.41, 5.74) is 2.50. The Morgan fingerprint density at radius 2 is 1.58 bits per heavy atom. The number of phenolic OH excluding ortho intramolecular Hbond substituents is 1. The third-order valence-corrected chi connectivity index (χ3v) is 4.84. The van der Waals surface area contributed by atoms with Gasteiger partial charge in [0.1, 0.15) is 28.2 Å². The van der Waals surface area contributed by atoms with Crippen LogP contribution in [0, 0.1) is 0 Å². The van der Waals surface area contributed by atoms with Gasteiger partial charge in [0.15, 0.2) is 0 Å². The van der Waals surface area contributed by atoms with Crippen LogP contribution in [0.25, 0.3) is 16.7 Å². The molecule has 3 aromatic rings. The lowest BCUT2D eigenvalue weighted by molar-refractivity contribution is -0.139. The summed E-state index contributed by atoms with van der Waals surface area (Å²) in [6, 6.07) is 12.7. The van der Waals surface area contributed by atoms with Crippen molar-refractivity contribution in [3.05, 3.63) is 54.6 Å². The van der Waals surface area contributed by atoms with Crippen molar-refractivity contribution in [1.29, 1.82) is 0 Å². The fourth-order valence-electron chi connectivity index (χ4n) is 3.12. The Morgan fingerprint density at radius 3 is 2.19 bits per heavy atom. The molecule has 0 saturated heterocycles. The Morgan fingerprint density at radius 1 is 0.968 bits per heavy atom. The molecule has 1 aromatic heterocycles. The molecule has 0 saturated carbocycles. The summed E-state index contributed by atoms with van der Waals surface area (Å²) in [7, 11) is 0. The van der Waals surface area contributed by atoms with Crippen molar-refractivity contribution in [1.82, 2.24) is 15.0 Å². The number of unbranched alkanes of at least 4 members (excludes halogenated alkanes) is 5. The first-order valence-corrected chi connectivity index (χ1v) is 10.7. The second-order valence-corrected chi connectivity index (χ2v) is 7.51. The van der Waals surface area contributed by atoms with Gasteiger partial charge in [0.05, 0.1) is 13.2 Å². The van der Waals surface area contributed by atoms with E-state index < -0.39 is 0 Å². The van der Waals surface area contributed by atoms with Gasteiger partial charge in [-0.2, -0.15) is 0 Å². The Hall–Kier alpha value is -3.35. The van der Waals surface area contributed by atoms with Gasteiger partial charge in [0.2, 0.25) is 0 Å². The molecule has 0 radical (unpaired) electrons. The number of nitrogens with zero attached hydrogens (tertiary/aromatic N) is 3. The first kappa shape index (κ1) is 22.3. The van der Waals surface area contributed by atoms with E-state index in [1.807, 2.05) is 30.3 Å². The van der Waals surface area contributed by atoms with Crippen LogP contribution >= 0.6 is 0 Å². The van der Waals surface area contributed by atoms with E-state index in [4.69, 9.17) is 9.47 Å². The van der Waals surface area contributed by atoms with Gasteiger partial charge in [-0.3, -0.25) is 0 Å². The van der Waals surface area contributed by atoms with E-state index in [9.17, 15) is 9.90 Å². The topological polar surface area (TPSA) is 86.5 Å². The number of fused-ring (bicyclic) bond motifs is 1. The molecule has 0 fully saturated rings. The van der Waals surface area contributed by atoms with Gasteiger partial charge in [0.25, 0.3) is 0 Å².